The van der Waals surface area contributed by atoms with Crippen molar-refractivity contribution in [3.05, 3.63) is 47.5 Å². The molecular weight excluding hydrogens is 312 g/mol. The summed E-state index contributed by atoms with van der Waals surface area (Å²) in [5.74, 6) is -5.69. The summed E-state index contributed by atoms with van der Waals surface area (Å²) in [5.41, 5.74) is -0.606. The van der Waals surface area contributed by atoms with E-state index in [4.69, 9.17) is 5.11 Å². The quantitative estimate of drug-likeness (QED) is 0.587. The standard InChI is InChI=1S/C15H15F2NO5/c1-2-23-12(19)8-4-7-11(15(21)22)18-14(20)9-5-3-6-10(16)13(9)17/h3-6,8,11H,2,7H2,1H3,(H,18,20)(H,21,22)/b8-4+/t11-/m1/s1. The first-order valence-electron chi connectivity index (χ1n) is 6.67. The number of hydrogen-bond donors (Lipinski definition) is 2. The number of carbonyl (C=O) groups excluding carboxylic acids is 2. The number of carbonyl (C=O) groups is 3. The van der Waals surface area contributed by atoms with Gasteiger partial charge < -0.3 is 15.2 Å². The maximum atomic E-state index is 13.5. The van der Waals surface area contributed by atoms with Crippen molar-refractivity contribution < 1.29 is 33.0 Å². The Bertz CT molecular complexity index is 630. The largest absolute Gasteiger partial charge is 0.480 e. The molecule has 1 aromatic rings. The maximum Gasteiger partial charge on any atom is 0.330 e. The van der Waals surface area contributed by atoms with Gasteiger partial charge >= 0.3 is 11.9 Å². The Balaban J connectivity index is 2.76. The molecule has 8 heteroatoms. The van der Waals surface area contributed by atoms with Crippen LogP contribution in [0.15, 0.2) is 30.4 Å². The average Bonchev–Trinajstić information content (AvgIpc) is 2.49. The van der Waals surface area contributed by atoms with Crippen molar-refractivity contribution in [2.45, 2.75) is 19.4 Å². The Morgan fingerprint density at radius 3 is 2.65 bits per heavy atom. The number of aliphatic carboxylic acids is 1. The summed E-state index contributed by atoms with van der Waals surface area (Å²) in [7, 11) is 0. The zero-order valence-corrected chi connectivity index (χ0v) is 12.2. The van der Waals surface area contributed by atoms with Crippen molar-refractivity contribution in [1.29, 1.82) is 0 Å². The van der Waals surface area contributed by atoms with E-state index in [0.717, 1.165) is 24.3 Å². The van der Waals surface area contributed by atoms with Gasteiger partial charge in [0, 0.05) is 6.08 Å². The number of ether oxygens (including phenoxy) is 1. The zero-order valence-electron chi connectivity index (χ0n) is 12.2. The van der Waals surface area contributed by atoms with Crippen LogP contribution < -0.4 is 5.32 Å². The van der Waals surface area contributed by atoms with Gasteiger partial charge in [0.2, 0.25) is 0 Å². The number of benzene rings is 1. The summed E-state index contributed by atoms with van der Waals surface area (Å²) in [5, 5.41) is 11.1. The van der Waals surface area contributed by atoms with Crippen LogP contribution in [0.25, 0.3) is 0 Å². The number of rotatable bonds is 7. The summed E-state index contributed by atoms with van der Waals surface area (Å²) in [6, 6.07) is 1.59. The van der Waals surface area contributed by atoms with E-state index < -0.39 is 41.1 Å². The number of carboxylic acids is 1. The van der Waals surface area contributed by atoms with E-state index in [0.29, 0.717) is 0 Å². The van der Waals surface area contributed by atoms with Crippen LogP contribution in [-0.4, -0.2) is 35.6 Å². The summed E-state index contributed by atoms with van der Waals surface area (Å²) >= 11 is 0. The molecular formula is C15H15F2NO5. The van der Waals surface area contributed by atoms with Crippen molar-refractivity contribution in [3.8, 4) is 0 Å². The minimum Gasteiger partial charge on any atom is -0.480 e. The highest BCUT2D eigenvalue weighted by molar-refractivity contribution is 5.96. The molecule has 0 unspecified atom stereocenters. The van der Waals surface area contributed by atoms with Crippen LogP contribution in [0, 0.1) is 11.6 Å². The zero-order chi connectivity index (χ0) is 17.4. The highest BCUT2D eigenvalue weighted by Crippen LogP contribution is 2.11. The minimum atomic E-state index is -1.41. The molecule has 0 heterocycles. The van der Waals surface area contributed by atoms with Crippen LogP contribution in [0.1, 0.15) is 23.7 Å². The van der Waals surface area contributed by atoms with Gasteiger partial charge in [-0.05, 0) is 25.5 Å². The number of esters is 1. The number of hydrogen-bond acceptors (Lipinski definition) is 4. The maximum absolute atomic E-state index is 13.5. The molecule has 0 aliphatic carbocycles. The van der Waals surface area contributed by atoms with Crippen LogP contribution in [-0.2, 0) is 14.3 Å². The Morgan fingerprint density at radius 1 is 1.35 bits per heavy atom. The van der Waals surface area contributed by atoms with Gasteiger partial charge in [-0.1, -0.05) is 12.1 Å². The van der Waals surface area contributed by atoms with Gasteiger partial charge in [0.25, 0.3) is 5.91 Å². The number of nitrogens with one attached hydrogen (secondary N) is 1. The van der Waals surface area contributed by atoms with Crippen molar-refractivity contribution in [2.24, 2.45) is 0 Å². The van der Waals surface area contributed by atoms with E-state index >= 15 is 0 Å². The lowest BCUT2D eigenvalue weighted by atomic mass is 10.1. The molecule has 23 heavy (non-hydrogen) atoms. The summed E-state index contributed by atoms with van der Waals surface area (Å²) in [6.07, 6.45) is 2.00. The molecule has 0 bridgehead atoms. The van der Waals surface area contributed by atoms with E-state index in [2.05, 4.69) is 10.1 Å². The van der Waals surface area contributed by atoms with Crippen LogP contribution >= 0.6 is 0 Å². The van der Waals surface area contributed by atoms with E-state index in [9.17, 15) is 23.2 Å². The number of halogens is 2. The molecule has 0 radical (unpaired) electrons. The first-order chi connectivity index (χ1) is 10.9. The van der Waals surface area contributed by atoms with Crippen LogP contribution in [0.4, 0.5) is 8.78 Å². The molecule has 0 saturated heterocycles. The van der Waals surface area contributed by atoms with Gasteiger partial charge in [-0.15, -0.1) is 0 Å². The lowest BCUT2D eigenvalue weighted by molar-refractivity contribution is -0.139. The third kappa shape index (κ3) is 5.50. The lowest BCUT2D eigenvalue weighted by Crippen LogP contribution is -2.40. The van der Waals surface area contributed by atoms with Crippen LogP contribution in [0.2, 0.25) is 0 Å². The normalized spacial score (nSPS) is 12.0. The molecule has 6 nitrogen and oxygen atoms in total. The smallest absolute Gasteiger partial charge is 0.330 e. The summed E-state index contributed by atoms with van der Waals surface area (Å²) in [6.45, 7) is 1.78. The molecule has 0 aliphatic heterocycles. The van der Waals surface area contributed by atoms with Gasteiger partial charge in [-0.25, -0.2) is 18.4 Å². The second-order valence-corrected chi connectivity index (χ2v) is 4.36. The Morgan fingerprint density at radius 2 is 2.04 bits per heavy atom. The van der Waals surface area contributed by atoms with Gasteiger partial charge in [0.05, 0.1) is 12.2 Å². The topological polar surface area (TPSA) is 92.7 Å². The second-order valence-electron chi connectivity index (χ2n) is 4.36. The van der Waals surface area contributed by atoms with Crippen molar-refractivity contribution in [1.82, 2.24) is 5.32 Å². The average molecular weight is 327 g/mol. The molecule has 0 aliphatic rings. The fourth-order valence-corrected chi connectivity index (χ4v) is 1.63. The molecule has 124 valence electrons. The van der Waals surface area contributed by atoms with E-state index in [1.165, 1.54) is 6.08 Å². The molecule has 1 aromatic carbocycles. The van der Waals surface area contributed by atoms with Gasteiger partial charge in [-0.3, -0.25) is 4.79 Å². The SMILES string of the molecule is CCOC(=O)/C=C/C[C@@H](NC(=O)c1cccc(F)c1F)C(=O)O. The predicted octanol–water partition coefficient (Wildman–Crippen LogP) is 1.66. The molecule has 0 fully saturated rings. The Labute approximate surface area is 130 Å². The summed E-state index contributed by atoms with van der Waals surface area (Å²) < 4.78 is 31.2. The fraction of sp³-hybridized carbons (Fsp3) is 0.267. The number of amides is 1. The monoisotopic (exact) mass is 327 g/mol. The third-order valence-corrected chi connectivity index (χ3v) is 2.71. The fourth-order valence-electron chi connectivity index (χ4n) is 1.63. The molecule has 1 atom stereocenters. The van der Waals surface area contributed by atoms with E-state index in [1.54, 1.807) is 6.92 Å². The predicted molar refractivity (Wildman–Crippen MR) is 75.6 cm³/mol. The molecule has 0 saturated carbocycles. The minimum absolute atomic E-state index is 0.168. The lowest BCUT2D eigenvalue weighted by Gasteiger charge is -2.13. The molecule has 1 amide bonds. The van der Waals surface area contributed by atoms with Crippen molar-refractivity contribution in [3.63, 3.8) is 0 Å². The number of carboxylic acid groups (broad SMARTS) is 1. The van der Waals surface area contributed by atoms with E-state index in [-0.39, 0.29) is 13.0 Å². The van der Waals surface area contributed by atoms with E-state index in [1.807, 2.05) is 0 Å². The molecule has 0 spiro atoms. The van der Waals surface area contributed by atoms with Crippen molar-refractivity contribution in [2.75, 3.05) is 6.61 Å². The molecule has 2 N–H and O–H groups in total. The third-order valence-electron chi connectivity index (χ3n) is 2.71. The first-order valence-corrected chi connectivity index (χ1v) is 6.67. The summed E-state index contributed by atoms with van der Waals surface area (Å²) in [4.78, 5) is 34.0. The van der Waals surface area contributed by atoms with Gasteiger partial charge in [0.15, 0.2) is 11.6 Å². The second kappa shape index (κ2) is 8.62. The molecule has 1 rings (SSSR count). The van der Waals surface area contributed by atoms with Crippen LogP contribution in [0.3, 0.4) is 0 Å². The van der Waals surface area contributed by atoms with Crippen molar-refractivity contribution >= 4 is 17.8 Å². The first kappa shape index (κ1) is 18.3. The highest BCUT2D eigenvalue weighted by Gasteiger charge is 2.22. The highest BCUT2D eigenvalue weighted by atomic mass is 19.2. The Kier molecular flexibility index (Phi) is 6.85. The van der Waals surface area contributed by atoms with Crippen LogP contribution in [0.5, 0.6) is 0 Å². The Hall–Kier alpha value is -2.77. The molecule has 0 aromatic heterocycles. The van der Waals surface area contributed by atoms with Gasteiger partial charge in [0.1, 0.15) is 6.04 Å². The van der Waals surface area contributed by atoms with Gasteiger partial charge in [-0.2, -0.15) is 0 Å².